The molecule has 2 atom stereocenters. The molecule has 2 rings (SSSR count). The summed E-state index contributed by atoms with van der Waals surface area (Å²) in [6, 6.07) is 0. The summed E-state index contributed by atoms with van der Waals surface area (Å²) in [6.07, 6.45) is 2.42. The van der Waals surface area contributed by atoms with Crippen LogP contribution in [0.3, 0.4) is 0 Å². The molecule has 0 N–H and O–H groups in total. The van der Waals surface area contributed by atoms with Crippen molar-refractivity contribution in [1.82, 2.24) is 15.0 Å². The van der Waals surface area contributed by atoms with Crippen LogP contribution in [0.15, 0.2) is 6.20 Å². The second-order valence-electron chi connectivity index (χ2n) is 3.98. The molecule has 0 radical (unpaired) electrons. The Kier molecular flexibility index (Phi) is 2.72. The third-order valence-electron chi connectivity index (χ3n) is 2.75. The first-order valence-electron chi connectivity index (χ1n) is 5.07. The Morgan fingerprint density at radius 2 is 2.38 bits per heavy atom. The van der Waals surface area contributed by atoms with Crippen LogP contribution in [0.4, 0.5) is 0 Å². The van der Waals surface area contributed by atoms with Crippen LogP contribution in [0.1, 0.15) is 24.5 Å². The number of aromatic nitrogens is 3. The maximum Gasteiger partial charge on any atom is 0.313 e. The molecule has 6 heteroatoms. The lowest BCUT2D eigenvalue weighted by Gasteiger charge is -1.97. The number of hydrogen-bond donors (Lipinski definition) is 0. The van der Waals surface area contributed by atoms with Gasteiger partial charge in [-0.3, -0.25) is 14.3 Å². The number of ether oxygens (including phenoxy) is 1. The van der Waals surface area contributed by atoms with Gasteiger partial charge >= 0.3 is 5.97 Å². The van der Waals surface area contributed by atoms with Crippen molar-refractivity contribution in [1.29, 1.82) is 0 Å². The van der Waals surface area contributed by atoms with E-state index in [1.54, 1.807) is 17.9 Å². The predicted molar refractivity (Wildman–Crippen MR) is 53.5 cm³/mol. The predicted octanol–water partition coefficient (Wildman–Crippen LogP) is 0.0508. The van der Waals surface area contributed by atoms with Gasteiger partial charge in [0.1, 0.15) is 12.2 Å². The summed E-state index contributed by atoms with van der Waals surface area (Å²) in [5.41, 5.74) is 0.825. The van der Waals surface area contributed by atoms with Gasteiger partial charge in [-0.25, -0.2) is 0 Å². The lowest BCUT2D eigenvalue weighted by atomic mass is 10.1. The van der Waals surface area contributed by atoms with Gasteiger partial charge in [-0.15, -0.1) is 5.10 Å². The molecule has 0 saturated heterocycles. The summed E-state index contributed by atoms with van der Waals surface area (Å²) in [7, 11) is 3.06. The number of Topliss-reactive ketones (excluding diaryl/α,β-unsaturated/α-hetero) is 1. The molecule has 16 heavy (non-hydrogen) atoms. The number of nitrogens with zero attached hydrogens (tertiary/aromatic N) is 3. The average Bonchev–Trinajstić information content (AvgIpc) is 2.95. The topological polar surface area (TPSA) is 74.1 Å². The van der Waals surface area contributed by atoms with Gasteiger partial charge in [0, 0.05) is 25.1 Å². The zero-order valence-electron chi connectivity index (χ0n) is 9.21. The first-order valence-corrected chi connectivity index (χ1v) is 5.07. The number of aryl methyl sites for hydroxylation is 1. The maximum atomic E-state index is 11.6. The normalized spacial score (nSPS) is 22.9. The summed E-state index contributed by atoms with van der Waals surface area (Å²) >= 11 is 0. The lowest BCUT2D eigenvalue weighted by molar-refractivity contribution is -0.143. The third-order valence-corrected chi connectivity index (χ3v) is 2.75. The van der Waals surface area contributed by atoms with Crippen molar-refractivity contribution in [2.75, 3.05) is 7.11 Å². The Hall–Kier alpha value is -1.72. The molecule has 0 aromatic carbocycles. The van der Waals surface area contributed by atoms with Gasteiger partial charge in [-0.05, 0) is 6.42 Å². The first kappa shape index (κ1) is 10.8. The van der Waals surface area contributed by atoms with Crippen LogP contribution < -0.4 is 0 Å². The van der Waals surface area contributed by atoms with Gasteiger partial charge in [0.15, 0.2) is 0 Å². The molecule has 0 spiro atoms. The van der Waals surface area contributed by atoms with Crippen molar-refractivity contribution in [3.63, 3.8) is 0 Å². The highest BCUT2D eigenvalue weighted by Crippen LogP contribution is 2.47. The van der Waals surface area contributed by atoms with Gasteiger partial charge in [-0.2, -0.15) is 0 Å². The van der Waals surface area contributed by atoms with Crippen LogP contribution in [0.2, 0.25) is 0 Å². The first-order chi connectivity index (χ1) is 7.61. The highest BCUT2D eigenvalue weighted by molar-refractivity contribution is 5.98. The zero-order valence-corrected chi connectivity index (χ0v) is 9.21. The van der Waals surface area contributed by atoms with Crippen molar-refractivity contribution in [2.45, 2.75) is 18.8 Å². The summed E-state index contributed by atoms with van der Waals surface area (Å²) in [4.78, 5) is 22.5. The van der Waals surface area contributed by atoms with E-state index in [1.807, 2.05) is 0 Å². The van der Waals surface area contributed by atoms with Crippen LogP contribution in [-0.4, -0.2) is 33.9 Å². The minimum absolute atomic E-state index is 0.0671. The smallest absolute Gasteiger partial charge is 0.313 e. The Morgan fingerprint density at radius 1 is 1.62 bits per heavy atom. The summed E-state index contributed by atoms with van der Waals surface area (Å²) in [6.45, 7) is 0. The molecule has 1 aliphatic rings. The Balaban J connectivity index is 1.91. The number of carbonyl (C=O) groups is 2. The zero-order chi connectivity index (χ0) is 11.7. The van der Waals surface area contributed by atoms with E-state index in [1.165, 1.54) is 7.11 Å². The third kappa shape index (κ3) is 2.10. The van der Waals surface area contributed by atoms with E-state index < -0.39 is 5.97 Å². The largest absolute Gasteiger partial charge is 0.469 e. The Labute approximate surface area is 92.6 Å². The molecule has 86 valence electrons. The van der Waals surface area contributed by atoms with Crippen LogP contribution >= 0.6 is 0 Å². The molecule has 1 heterocycles. The molecular formula is C10H13N3O3. The fraction of sp³-hybridized carbons (Fsp3) is 0.600. The summed E-state index contributed by atoms with van der Waals surface area (Å²) < 4.78 is 6.06. The number of hydrogen-bond acceptors (Lipinski definition) is 5. The SMILES string of the molecule is COC(=O)CC(=O)C1C[C@H]1c1cn(C)nn1. The minimum Gasteiger partial charge on any atom is -0.469 e. The number of ketones is 1. The molecule has 1 aromatic heterocycles. The Bertz CT molecular complexity index is 427. The molecule has 6 nitrogen and oxygen atoms in total. The Morgan fingerprint density at radius 3 is 2.94 bits per heavy atom. The highest BCUT2D eigenvalue weighted by atomic mass is 16.5. The van der Waals surface area contributed by atoms with Gasteiger partial charge in [0.25, 0.3) is 0 Å². The van der Waals surface area contributed by atoms with Crippen molar-refractivity contribution in [3.8, 4) is 0 Å². The number of esters is 1. The second-order valence-corrected chi connectivity index (χ2v) is 3.98. The molecule has 0 amide bonds. The van der Waals surface area contributed by atoms with Crippen LogP contribution in [0, 0.1) is 5.92 Å². The van der Waals surface area contributed by atoms with Crippen LogP contribution in [0.25, 0.3) is 0 Å². The van der Waals surface area contributed by atoms with Crippen molar-refractivity contribution in [2.24, 2.45) is 13.0 Å². The fourth-order valence-electron chi connectivity index (χ4n) is 1.76. The molecule has 0 bridgehead atoms. The molecule has 1 fully saturated rings. The monoisotopic (exact) mass is 223 g/mol. The van der Waals surface area contributed by atoms with E-state index in [0.29, 0.717) is 0 Å². The number of rotatable bonds is 4. The van der Waals surface area contributed by atoms with E-state index in [-0.39, 0.29) is 24.0 Å². The van der Waals surface area contributed by atoms with E-state index >= 15 is 0 Å². The molecule has 1 unspecified atom stereocenters. The lowest BCUT2D eigenvalue weighted by Crippen LogP contribution is -2.11. The van der Waals surface area contributed by atoms with E-state index in [2.05, 4.69) is 15.0 Å². The second kappa shape index (κ2) is 4.03. The average molecular weight is 223 g/mol. The fourth-order valence-corrected chi connectivity index (χ4v) is 1.76. The van der Waals surface area contributed by atoms with Gasteiger partial charge < -0.3 is 4.74 Å². The summed E-state index contributed by atoms with van der Waals surface area (Å²) in [5.74, 6) is -0.501. The molecule has 1 aliphatic carbocycles. The van der Waals surface area contributed by atoms with Crippen molar-refractivity contribution >= 4 is 11.8 Å². The standard InChI is InChI=1S/C10H13N3O3/c1-13-5-8(11-12-13)6-3-7(6)9(14)4-10(15)16-2/h5-7H,3-4H2,1-2H3/t6-,7?/m1/s1. The van der Waals surface area contributed by atoms with E-state index in [0.717, 1.165) is 12.1 Å². The van der Waals surface area contributed by atoms with E-state index in [9.17, 15) is 9.59 Å². The quantitative estimate of drug-likeness (QED) is 0.532. The molecule has 1 aromatic rings. The molecular weight excluding hydrogens is 210 g/mol. The van der Waals surface area contributed by atoms with Crippen molar-refractivity contribution < 1.29 is 14.3 Å². The molecule has 1 saturated carbocycles. The highest BCUT2D eigenvalue weighted by Gasteiger charge is 2.45. The van der Waals surface area contributed by atoms with Gasteiger partial charge in [0.05, 0.1) is 12.8 Å². The van der Waals surface area contributed by atoms with Crippen molar-refractivity contribution in [3.05, 3.63) is 11.9 Å². The van der Waals surface area contributed by atoms with Gasteiger partial charge in [-0.1, -0.05) is 5.21 Å². The maximum absolute atomic E-state index is 11.6. The summed E-state index contributed by atoms with van der Waals surface area (Å²) in [5, 5.41) is 7.77. The molecule has 0 aliphatic heterocycles. The van der Waals surface area contributed by atoms with E-state index in [4.69, 9.17) is 0 Å². The van der Waals surface area contributed by atoms with Gasteiger partial charge in [0.2, 0.25) is 0 Å². The van der Waals surface area contributed by atoms with Crippen LogP contribution in [0.5, 0.6) is 0 Å². The minimum atomic E-state index is -0.477. The van der Waals surface area contributed by atoms with Crippen LogP contribution in [-0.2, 0) is 21.4 Å². The number of methoxy groups -OCH3 is 1. The number of carbonyl (C=O) groups excluding carboxylic acids is 2.